The Balaban J connectivity index is 1.77. The van der Waals surface area contributed by atoms with E-state index in [4.69, 9.17) is 4.74 Å². The van der Waals surface area contributed by atoms with Crippen LogP contribution in [-0.2, 0) is 4.79 Å². The lowest BCUT2D eigenvalue weighted by Gasteiger charge is -2.03. The summed E-state index contributed by atoms with van der Waals surface area (Å²) in [6, 6.07) is 5.68. The lowest BCUT2D eigenvalue weighted by Crippen LogP contribution is -2.26. The fourth-order valence-corrected chi connectivity index (χ4v) is 2.84. The van der Waals surface area contributed by atoms with Crippen molar-refractivity contribution in [2.45, 2.75) is 37.8 Å². The Morgan fingerprint density at radius 3 is 3.00 bits per heavy atom. The molecule has 0 unspecified atom stereocenters. The first-order valence-electron chi connectivity index (χ1n) is 7.66. The number of rotatable bonds is 9. The van der Waals surface area contributed by atoms with Gasteiger partial charge in [0.1, 0.15) is 5.75 Å². The number of benzene rings is 1. The van der Waals surface area contributed by atoms with Gasteiger partial charge in [0.2, 0.25) is 5.91 Å². The number of aromatic nitrogens is 2. The van der Waals surface area contributed by atoms with Crippen molar-refractivity contribution < 1.29 is 9.53 Å². The summed E-state index contributed by atoms with van der Waals surface area (Å²) in [5.74, 6) is 1.22. The Hall–Kier alpha value is -1.69. The van der Waals surface area contributed by atoms with Crippen LogP contribution in [-0.4, -0.2) is 35.3 Å². The van der Waals surface area contributed by atoms with Gasteiger partial charge < -0.3 is 15.0 Å². The third-order valence-electron chi connectivity index (χ3n) is 3.36. The molecule has 2 N–H and O–H groups in total. The van der Waals surface area contributed by atoms with Crippen LogP contribution in [0.3, 0.4) is 0 Å². The minimum absolute atomic E-state index is 0.0551. The van der Waals surface area contributed by atoms with Crippen LogP contribution in [0.5, 0.6) is 5.75 Å². The number of hydrogen-bond donors (Lipinski definition) is 2. The van der Waals surface area contributed by atoms with Crippen molar-refractivity contribution in [3.05, 3.63) is 18.2 Å². The number of methoxy groups -OCH3 is 1. The lowest BCUT2D eigenvalue weighted by molar-refractivity contribution is -0.118. The number of nitrogens with zero attached hydrogens (tertiary/aromatic N) is 1. The number of ether oxygens (including phenoxy) is 1. The quantitative estimate of drug-likeness (QED) is 0.549. The van der Waals surface area contributed by atoms with Crippen molar-refractivity contribution >= 4 is 28.7 Å². The van der Waals surface area contributed by atoms with Gasteiger partial charge in [0.25, 0.3) is 0 Å². The zero-order valence-corrected chi connectivity index (χ0v) is 14.0. The van der Waals surface area contributed by atoms with Crippen molar-refractivity contribution in [3.63, 3.8) is 0 Å². The number of H-pyrrole nitrogens is 1. The number of hydrogen-bond acceptors (Lipinski definition) is 4. The minimum atomic E-state index is 0.0551. The third kappa shape index (κ3) is 4.94. The summed E-state index contributed by atoms with van der Waals surface area (Å²) >= 11 is 1.42. The van der Waals surface area contributed by atoms with E-state index in [9.17, 15) is 4.79 Å². The summed E-state index contributed by atoms with van der Waals surface area (Å²) in [5, 5.41) is 3.70. The summed E-state index contributed by atoms with van der Waals surface area (Å²) in [6.07, 6.45) is 4.66. The number of aromatic amines is 1. The van der Waals surface area contributed by atoms with E-state index in [-0.39, 0.29) is 5.91 Å². The van der Waals surface area contributed by atoms with Crippen molar-refractivity contribution in [1.29, 1.82) is 0 Å². The normalized spacial score (nSPS) is 10.8. The average molecular weight is 321 g/mol. The minimum Gasteiger partial charge on any atom is -0.497 e. The van der Waals surface area contributed by atoms with E-state index in [1.54, 1.807) is 7.11 Å². The number of thioether (sulfide) groups is 1. The Bertz CT molecular complexity index is 612. The Morgan fingerprint density at radius 2 is 2.23 bits per heavy atom. The smallest absolute Gasteiger partial charge is 0.230 e. The molecule has 0 aliphatic carbocycles. The monoisotopic (exact) mass is 321 g/mol. The van der Waals surface area contributed by atoms with Gasteiger partial charge in [-0.1, -0.05) is 37.9 Å². The van der Waals surface area contributed by atoms with E-state index in [0.29, 0.717) is 5.75 Å². The van der Waals surface area contributed by atoms with Gasteiger partial charge in [-0.05, 0) is 18.6 Å². The molecule has 0 radical (unpaired) electrons. The molecule has 120 valence electrons. The van der Waals surface area contributed by atoms with E-state index in [1.165, 1.54) is 31.0 Å². The standard InChI is InChI=1S/C16H23N3O2S/c1-3-4-5-6-9-17-15(20)11-22-16-18-13-8-7-12(21-2)10-14(13)19-16/h7-8,10H,3-6,9,11H2,1-2H3,(H,17,20)(H,18,19). The number of unbranched alkanes of at least 4 members (excludes halogenated alkanes) is 3. The second-order valence-corrected chi connectivity index (χ2v) is 6.09. The van der Waals surface area contributed by atoms with E-state index in [0.717, 1.165) is 34.9 Å². The van der Waals surface area contributed by atoms with Crippen LogP contribution in [0.25, 0.3) is 11.0 Å². The fourth-order valence-electron chi connectivity index (χ4n) is 2.13. The first-order chi connectivity index (χ1) is 10.7. The molecular weight excluding hydrogens is 298 g/mol. The number of nitrogens with one attached hydrogen (secondary N) is 2. The van der Waals surface area contributed by atoms with Crippen molar-refractivity contribution in [1.82, 2.24) is 15.3 Å². The molecule has 22 heavy (non-hydrogen) atoms. The van der Waals surface area contributed by atoms with Gasteiger partial charge in [0.15, 0.2) is 5.16 Å². The van der Waals surface area contributed by atoms with E-state index < -0.39 is 0 Å². The molecular formula is C16H23N3O2S. The summed E-state index contributed by atoms with van der Waals surface area (Å²) < 4.78 is 5.18. The molecule has 0 saturated heterocycles. The van der Waals surface area contributed by atoms with Gasteiger partial charge in [-0.15, -0.1) is 0 Å². The molecule has 0 fully saturated rings. The topological polar surface area (TPSA) is 67.0 Å². The predicted octanol–water partition coefficient (Wildman–Crippen LogP) is 3.36. The summed E-state index contributed by atoms with van der Waals surface area (Å²) in [6.45, 7) is 2.94. The van der Waals surface area contributed by atoms with Crippen molar-refractivity contribution in [2.75, 3.05) is 19.4 Å². The maximum atomic E-state index is 11.8. The number of imidazole rings is 1. The maximum absolute atomic E-state index is 11.8. The number of carbonyl (C=O) groups is 1. The van der Waals surface area contributed by atoms with Crippen LogP contribution in [0.2, 0.25) is 0 Å². The highest BCUT2D eigenvalue weighted by atomic mass is 32.2. The number of amides is 1. The highest BCUT2D eigenvalue weighted by Crippen LogP contribution is 2.22. The first-order valence-corrected chi connectivity index (χ1v) is 8.64. The molecule has 5 nitrogen and oxygen atoms in total. The molecule has 1 aromatic carbocycles. The van der Waals surface area contributed by atoms with E-state index in [2.05, 4.69) is 22.2 Å². The largest absolute Gasteiger partial charge is 0.497 e. The molecule has 0 aliphatic heterocycles. The molecule has 6 heteroatoms. The Kier molecular flexibility index (Phi) is 6.58. The van der Waals surface area contributed by atoms with E-state index >= 15 is 0 Å². The molecule has 1 heterocycles. The molecule has 1 amide bonds. The Labute approximate surface area is 135 Å². The van der Waals surface area contributed by atoms with Crippen molar-refractivity contribution in [3.8, 4) is 5.75 Å². The molecule has 2 rings (SSSR count). The SMILES string of the molecule is CCCCCCNC(=O)CSc1nc2ccc(OC)cc2[nH]1. The molecule has 0 atom stereocenters. The molecule has 0 bridgehead atoms. The van der Waals surface area contributed by atoms with Crippen LogP contribution in [0.1, 0.15) is 32.6 Å². The molecule has 0 aliphatic rings. The molecule has 0 spiro atoms. The van der Waals surface area contributed by atoms with Gasteiger partial charge in [-0.3, -0.25) is 4.79 Å². The lowest BCUT2D eigenvalue weighted by atomic mass is 10.2. The Morgan fingerprint density at radius 1 is 1.36 bits per heavy atom. The third-order valence-corrected chi connectivity index (χ3v) is 4.23. The molecule has 0 saturated carbocycles. The van der Waals surface area contributed by atoms with Gasteiger partial charge in [0.05, 0.1) is 23.9 Å². The van der Waals surface area contributed by atoms with Gasteiger partial charge >= 0.3 is 0 Å². The van der Waals surface area contributed by atoms with Crippen LogP contribution in [0, 0.1) is 0 Å². The summed E-state index contributed by atoms with van der Waals surface area (Å²) in [7, 11) is 1.64. The van der Waals surface area contributed by atoms with Crippen LogP contribution in [0.4, 0.5) is 0 Å². The summed E-state index contributed by atoms with van der Waals surface area (Å²) in [5.41, 5.74) is 1.80. The van der Waals surface area contributed by atoms with Gasteiger partial charge in [0, 0.05) is 12.6 Å². The molecule has 1 aromatic heterocycles. The zero-order valence-electron chi connectivity index (χ0n) is 13.1. The first kappa shape index (κ1) is 16.7. The summed E-state index contributed by atoms with van der Waals surface area (Å²) in [4.78, 5) is 19.4. The maximum Gasteiger partial charge on any atom is 0.230 e. The highest BCUT2D eigenvalue weighted by Gasteiger charge is 2.07. The van der Waals surface area contributed by atoms with Crippen LogP contribution >= 0.6 is 11.8 Å². The predicted molar refractivity (Wildman–Crippen MR) is 90.5 cm³/mol. The van der Waals surface area contributed by atoms with Gasteiger partial charge in [-0.2, -0.15) is 0 Å². The van der Waals surface area contributed by atoms with Gasteiger partial charge in [-0.25, -0.2) is 4.98 Å². The number of fused-ring (bicyclic) bond motifs is 1. The average Bonchev–Trinajstić information content (AvgIpc) is 2.94. The number of carbonyl (C=O) groups excluding carboxylic acids is 1. The fraction of sp³-hybridized carbons (Fsp3) is 0.500. The second-order valence-electron chi connectivity index (χ2n) is 5.12. The van der Waals surface area contributed by atoms with Crippen LogP contribution < -0.4 is 10.1 Å². The zero-order chi connectivity index (χ0) is 15.8. The van der Waals surface area contributed by atoms with Crippen LogP contribution in [0.15, 0.2) is 23.4 Å². The van der Waals surface area contributed by atoms with Crippen molar-refractivity contribution in [2.24, 2.45) is 0 Å². The highest BCUT2D eigenvalue weighted by molar-refractivity contribution is 7.99. The molecule has 2 aromatic rings. The van der Waals surface area contributed by atoms with E-state index in [1.807, 2.05) is 18.2 Å². The second kappa shape index (κ2) is 8.68.